The van der Waals surface area contributed by atoms with Gasteiger partial charge in [-0.3, -0.25) is 9.59 Å². The number of rotatable bonds is 9. The third-order valence-electron chi connectivity index (χ3n) is 5.22. The third-order valence-corrected chi connectivity index (χ3v) is 5.22. The van der Waals surface area contributed by atoms with Gasteiger partial charge in [-0.05, 0) is 53.1 Å². The summed E-state index contributed by atoms with van der Waals surface area (Å²) in [6.07, 6.45) is 3.26. The molecule has 0 radical (unpaired) electrons. The van der Waals surface area contributed by atoms with Crippen LogP contribution in [0.3, 0.4) is 0 Å². The molecule has 5 heteroatoms. The quantitative estimate of drug-likeness (QED) is 0.307. The Balaban J connectivity index is 1.30. The van der Waals surface area contributed by atoms with E-state index in [4.69, 9.17) is 4.74 Å². The van der Waals surface area contributed by atoms with Crippen molar-refractivity contribution < 1.29 is 14.3 Å². The van der Waals surface area contributed by atoms with Gasteiger partial charge in [-0.25, -0.2) is 0 Å². The van der Waals surface area contributed by atoms with Crippen LogP contribution in [0.15, 0.2) is 115 Å². The zero-order valence-corrected chi connectivity index (χ0v) is 19.2. The first-order valence-electron chi connectivity index (χ1n) is 11.3. The molecule has 0 saturated carbocycles. The molecule has 35 heavy (non-hydrogen) atoms. The lowest BCUT2D eigenvalue weighted by Crippen LogP contribution is -2.22. The molecule has 2 amide bonds. The molecule has 174 valence electrons. The normalized spacial score (nSPS) is 10.6. The van der Waals surface area contributed by atoms with Crippen LogP contribution in [0.5, 0.6) is 5.75 Å². The van der Waals surface area contributed by atoms with Crippen LogP contribution in [0.2, 0.25) is 0 Å². The fourth-order valence-electron chi connectivity index (χ4n) is 3.43. The summed E-state index contributed by atoms with van der Waals surface area (Å²) in [5.41, 5.74) is 4.07. The molecule has 0 saturated heterocycles. The second kappa shape index (κ2) is 12.0. The molecule has 4 aromatic rings. The number of hydrogen-bond acceptors (Lipinski definition) is 3. The summed E-state index contributed by atoms with van der Waals surface area (Å²) in [7, 11) is 0. The lowest BCUT2D eigenvalue weighted by atomic mass is 10.1. The smallest absolute Gasteiger partial charge is 0.251 e. The van der Waals surface area contributed by atoms with Crippen molar-refractivity contribution in [2.45, 2.75) is 13.2 Å². The molecule has 0 heterocycles. The van der Waals surface area contributed by atoms with Crippen LogP contribution in [-0.4, -0.2) is 11.8 Å². The van der Waals surface area contributed by atoms with E-state index in [0.717, 1.165) is 16.7 Å². The molecule has 0 fully saturated rings. The van der Waals surface area contributed by atoms with Gasteiger partial charge in [0, 0.05) is 23.9 Å². The summed E-state index contributed by atoms with van der Waals surface area (Å²) >= 11 is 0. The van der Waals surface area contributed by atoms with E-state index in [1.165, 1.54) is 6.08 Å². The van der Waals surface area contributed by atoms with E-state index < -0.39 is 0 Å². The lowest BCUT2D eigenvalue weighted by Gasteiger charge is -2.10. The van der Waals surface area contributed by atoms with Crippen LogP contribution >= 0.6 is 0 Å². The third kappa shape index (κ3) is 7.44. The first-order valence-corrected chi connectivity index (χ1v) is 11.3. The molecule has 4 rings (SSSR count). The highest BCUT2D eigenvalue weighted by Crippen LogP contribution is 2.16. The van der Waals surface area contributed by atoms with E-state index >= 15 is 0 Å². The molecule has 0 unspecified atom stereocenters. The average molecular weight is 463 g/mol. The van der Waals surface area contributed by atoms with Gasteiger partial charge in [0.15, 0.2) is 0 Å². The second-order valence-electron chi connectivity index (χ2n) is 7.92. The summed E-state index contributed by atoms with van der Waals surface area (Å²) in [6, 6.07) is 34.0. The minimum Gasteiger partial charge on any atom is -0.489 e. The zero-order valence-electron chi connectivity index (χ0n) is 19.2. The predicted octanol–water partition coefficient (Wildman–Crippen LogP) is 5.85. The van der Waals surface area contributed by atoms with Gasteiger partial charge in [0.2, 0.25) is 5.91 Å². The minimum atomic E-state index is -0.220. The lowest BCUT2D eigenvalue weighted by molar-refractivity contribution is -0.111. The van der Waals surface area contributed by atoms with Crippen LogP contribution in [0.4, 0.5) is 5.69 Å². The van der Waals surface area contributed by atoms with Gasteiger partial charge in [-0.2, -0.15) is 0 Å². The molecule has 0 aliphatic carbocycles. The summed E-state index contributed by atoms with van der Waals surface area (Å²) in [6.45, 7) is 0.766. The van der Waals surface area contributed by atoms with Gasteiger partial charge in [0.05, 0.1) is 0 Å². The summed E-state index contributed by atoms with van der Waals surface area (Å²) in [5.74, 6) is 0.215. The number of carbonyl (C=O) groups is 2. The summed E-state index contributed by atoms with van der Waals surface area (Å²) < 4.78 is 5.82. The Labute approximate surface area is 205 Å². The predicted molar refractivity (Wildman–Crippen MR) is 139 cm³/mol. The molecule has 0 aliphatic rings. The largest absolute Gasteiger partial charge is 0.489 e. The highest BCUT2D eigenvalue weighted by Gasteiger charge is 2.08. The van der Waals surface area contributed by atoms with Crippen molar-refractivity contribution in [2.24, 2.45) is 0 Å². The Morgan fingerprint density at radius 3 is 2.26 bits per heavy atom. The standard InChI is InChI=1S/C30H26N2O3/c33-29(18-17-23-9-3-1-4-10-23)32-27-15-7-13-25(19-27)21-31-30(34)26-14-8-16-28(20-26)35-22-24-11-5-2-6-12-24/h1-20H,21-22H2,(H,31,34)(H,32,33)/b18-17+. The van der Waals surface area contributed by atoms with E-state index in [0.29, 0.717) is 30.2 Å². The number of nitrogens with one attached hydrogen (secondary N) is 2. The molecular weight excluding hydrogens is 436 g/mol. The molecule has 5 nitrogen and oxygen atoms in total. The van der Waals surface area contributed by atoms with Crippen molar-refractivity contribution in [2.75, 3.05) is 5.32 Å². The Morgan fingerprint density at radius 2 is 1.46 bits per heavy atom. The first kappa shape index (κ1) is 23.5. The summed E-state index contributed by atoms with van der Waals surface area (Å²) in [5, 5.41) is 5.77. The Hall–Kier alpha value is -4.64. The fourth-order valence-corrected chi connectivity index (χ4v) is 3.43. The molecule has 0 spiro atoms. The average Bonchev–Trinajstić information content (AvgIpc) is 2.91. The van der Waals surface area contributed by atoms with Crippen molar-refractivity contribution >= 4 is 23.6 Å². The van der Waals surface area contributed by atoms with Crippen LogP contribution in [0.1, 0.15) is 27.0 Å². The summed E-state index contributed by atoms with van der Waals surface area (Å²) in [4.78, 5) is 24.9. The van der Waals surface area contributed by atoms with Crippen LogP contribution in [0.25, 0.3) is 6.08 Å². The second-order valence-corrected chi connectivity index (χ2v) is 7.92. The maximum absolute atomic E-state index is 12.7. The number of amides is 2. The number of benzene rings is 4. The zero-order chi connectivity index (χ0) is 24.3. The Kier molecular flexibility index (Phi) is 8.06. The van der Waals surface area contributed by atoms with E-state index in [1.807, 2.05) is 91.0 Å². The molecule has 0 aromatic heterocycles. The maximum atomic E-state index is 12.7. The van der Waals surface area contributed by atoms with Crippen LogP contribution in [-0.2, 0) is 17.9 Å². The number of ether oxygens (including phenoxy) is 1. The van der Waals surface area contributed by atoms with E-state index in [9.17, 15) is 9.59 Å². The molecule has 0 bridgehead atoms. The highest BCUT2D eigenvalue weighted by molar-refractivity contribution is 6.02. The SMILES string of the molecule is O=C(/C=C/c1ccccc1)Nc1cccc(CNC(=O)c2cccc(OCc3ccccc3)c2)c1. The molecular formula is C30H26N2O3. The maximum Gasteiger partial charge on any atom is 0.251 e. The van der Waals surface area contributed by atoms with Gasteiger partial charge in [0.25, 0.3) is 5.91 Å². The monoisotopic (exact) mass is 462 g/mol. The van der Waals surface area contributed by atoms with Gasteiger partial charge in [-0.15, -0.1) is 0 Å². The Bertz CT molecular complexity index is 1300. The molecule has 4 aromatic carbocycles. The van der Waals surface area contributed by atoms with Crippen molar-refractivity contribution in [3.63, 3.8) is 0 Å². The van der Waals surface area contributed by atoms with E-state index in [1.54, 1.807) is 24.3 Å². The minimum absolute atomic E-state index is 0.199. The van der Waals surface area contributed by atoms with Crippen molar-refractivity contribution in [1.29, 1.82) is 0 Å². The van der Waals surface area contributed by atoms with Gasteiger partial charge in [0.1, 0.15) is 12.4 Å². The topological polar surface area (TPSA) is 67.4 Å². The molecule has 2 N–H and O–H groups in total. The molecule has 0 atom stereocenters. The Morgan fingerprint density at radius 1 is 0.743 bits per heavy atom. The van der Waals surface area contributed by atoms with Crippen molar-refractivity contribution in [3.8, 4) is 5.75 Å². The van der Waals surface area contributed by atoms with Gasteiger partial charge >= 0.3 is 0 Å². The van der Waals surface area contributed by atoms with Crippen LogP contribution in [0, 0.1) is 0 Å². The van der Waals surface area contributed by atoms with Gasteiger partial charge < -0.3 is 15.4 Å². The number of carbonyl (C=O) groups excluding carboxylic acids is 2. The molecule has 0 aliphatic heterocycles. The van der Waals surface area contributed by atoms with Crippen molar-refractivity contribution in [3.05, 3.63) is 138 Å². The van der Waals surface area contributed by atoms with Crippen LogP contribution < -0.4 is 15.4 Å². The van der Waals surface area contributed by atoms with Gasteiger partial charge in [-0.1, -0.05) is 78.9 Å². The highest BCUT2D eigenvalue weighted by atomic mass is 16.5. The number of hydrogen-bond donors (Lipinski definition) is 2. The van der Waals surface area contributed by atoms with E-state index in [2.05, 4.69) is 10.6 Å². The first-order chi connectivity index (χ1) is 17.2. The van der Waals surface area contributed by atoms with Crippen molar-refractivity contribution in [1.82, 2.24) is 5.32 Å². The fraction of sp³-hybridized carbons (Fsp3) is 0.0667. The number of anilines is 1. The van der Waals surface area contributed by atoms with E-state index in [-0.39, 0.29) is 11.8 Å².